The third-order valence-corrected chi connectivity index (χ3v) is 6.03. The highest BCUT2D eigenvalue weighted by atomic mass is 16.5. The number of fused-ring (bicyclic) bond motifs is 1. The van der Waals surface area contributed by atoms with Crippen LogP contribution in [-0.2, 0) is 4.74 Å². The van der Waals surface area contributed by atoms with Crippen molar-refractivity contribution < 1.29 is 14.3 Å². The summed E-state index contributed by atoms with van der Waals surface area (Å²) in [6, 6.07) is 15.6. The monoisotopic (exact) mass is 420 g/mol. The van der Waals surface area contributed by atoms with Crippen molar-refractivity contribution in [2.75, 3.05) is 44.3 Å². The Hall–Kier alpha value is -3.06. The van der Waals surface area contributed by atoms with E-state index in [1.165, 1.54) is 0 Å². The molecule has 1 N–H and O–H groups in total. The van der Waals surface area contributed by atoms with E-state index in [1.807, 2.05) is 53.4 Å². The van der Waals surface area contributed by atoms with Crippen LogP contribution in [0.5, 0.6) is 5.75 Å². The van der Waals surface area contributed by atoms with Crippen LogP contribution in [0.3, 0.4) is 0 Å². The van der Waals surface area contributed by atoms with Gasteiger partial charge in [-0.3, -0.25) is 4.79 Å². The second-order valence-electron chi connectivity index (χ2n) is 8.15. The van der Waals surface area contributed by atoms with E-state index in [1.54, 1.807) is 0 Å². The Kier molecular flexibility index (Phi) is 5.76. The van der Waals surface area contributed by atoms with Gasteiger partial charge in [-0.1, -0.05) is 24.3 Å². The molecule has 1 aromatic heterocycles. The molecule has 1 atom stereocenters. The first-order valence-corrected chi connectivity index (χ1v) is 11.1. The number of carbonyl (C=O) groups excluding carboxylic acids is 1. The average molecular weight is 421 g/mol. The number of benzene rings is 2. The second-order valence-corrected chi connectivity index (χ2v) is 8.15. The molecule has 0 bridgehead atoms. The molecule has 31 heavy (non-hydrogen) atoms. The number of rotatable bonds is 5. The van der Waals surface area contributed by atoms with Gasteiger partial charge in [-0.05, 0) is 43.5 Å². The van der Waals surface area contributed by atoms with Crippen molar-refractivity contribution in [3.63, 3.8) is 0 Å². The molecule has 2 fully saturated rings. The van der Waals surface area contributed by atoms with E-state index in [2.05, 4.69) is 9.88 Å². The zero-order valence-corrected chi connectivity index (χ0v) is 17.6. The lowest BCUT2D eigenvalue weighted by molar-refractivity contribution is 0.0653. The number of anilines is 1. The summed E-state index contributed by atoms with van der Waals surface area (Å²) in [6.45, 7) is 4.26. The molecule has 0 spiro atoms. The Morgan fingerprint density at radius 2 is 1.94 bits per heavy atom. The van der Waals surface area contributed by atoms with Gasteiger partial charge in [0.2, 0.25) is 5.95 Å². The van der Waals surface area contributed by atoms with E-state index >= 15 is 0 Å². The molecular formula is C24H28N4O3. The van der Waals surface area contributed by atoms with Gasteiger partial charge in [-0.15, -0.1) is 0 Å². The maximum atomic E-state index is 13.3. The molecule has 0 saturated carbocycles. The maximum absolute atomic E-state index is 13.3. The number of para-hydroxylation sites is 3. The third kappa shape index (κ3) is 4.37. The van der Waals surface area contributed by atoms with E-state index in [-0.39, 0.29) is 12.0 Å². The molecule has 7 nitrogen and oxygen atoms in total. The molecule has 7 heteroatoms. The minimum absolute atomic E-state index is 0.0226. The van der Waals surface area contributed by atoms with Crippen molar-refractivity contribution >= 4 is 22.9 Å². The summed E-state index contributed by atoms with van der Waals surface area (Å²) in [4.78, 5) is 25.6. The molecule has 2 aromatic carbocycles. The smallest absolute Gasteiger partial charge is 0.257 e. The highest BCUT2D eigenvalue weighted by Crippen LogP contribution is 2.24. The highest BCUT2D eigenvalue weighted by molar-refractivity contribution is 5.97. The van der Waals surface area contributed by atoms with Crippen molar-refractivity contribution in [2.45, 2.75) is 25.4 Å². The number of nitrogens with zero attached hydrogens (tertiary/aromatic N) is 3. The minimum Gasteiger partial charge on any atom is -0.490 e. The van der Waals surface area contributed by atoms with Gasteiger partial charge in [-0.2, -0.15) is 0 Å². The lowest BCUT2D eigenvalue weighted by Crippen LogP contribution is -2.35. The van der Waals surface area contributed by atoms with E-state index in [4.69, 9.17) is 14.5 Å². The number of aromatic amines is 1. The summed E-state index contributed by atoms with van der Waals surface area (Å²) in [6.07, 6.45) is 3.10. The van der Waals surface area contributed by atoms with Crippen LogP contribution in [0, 0.1) is 0 Å². The summed E-state index contributed by atoms with van der Waals surface area (Å²) < 4.78 is 11.6. The first kappa shape index (κ1) is 19.9. The number of carbonyl (C=O) groups is 1. The second kappa shape index (κ2) is 8.98. The van der Waals surface area contributed by atoms with Crippen LogP contribution in [0.1, 0.15) is 29.6 Å². The van der Waals surface area contributed by atoms with Gasteiger partial charge in [0.1, 0.15) is 12.4 Å². The molecule has 0 aliphatic carbocycles. The van der Waals surface area contributed by atoms with Crippen molar-refractivity contribution in [3.8, 4) is 5.75 Å². The number of imidazole rings is 1. The molecule has 3 aromatic rings. The fourth-order valence-corrected chi connectivity index (χ4v) is 4.32. The molecule has 2 aliphatic heterocycles. The first-order chi connectivity index (χ1) is 15.3. The van der Waals surface area contributed by atoms with Crippen LogP contribution in [0.2, 0.25) is 0 Å². The van der Waals surface area contributed by atoms with Gasteiger partial charge in [0.15, 0.2) is 0 Å². The number of hydrogen-bond donors (Lipinski definition) is 1. The molecule has 1 amide bonds. The Morgan fingerprint density at radius 3 is 2.81 bits per heavy atom. The fraction of sp³-hybridized carbons (Fsp3) is 0.417. The number of H-pyrrole nitrogens is 1. The Balaban J connectivity index is 1.26. The largest absolute Gasteiger partial charge is 0.490 e. The van der Waals surface area contributed by atoms with Gasteiger partial charge in [0.05, 0.1) is 22.7 Å². The van der Waals surface area contributed by atoms with Crippen LogP contribution >= 0.6 is 0 Å². The van der Waals surface area contributed by atoms with Crippen LogP contribution in [0.15, 0.2) is 48.5 Å². The van der Waals surface area contributed by atoms with E-state index in [0.29, 0.717) is 24.5 Å². The number of amides is 1. The molecule has 2 aliphatic rings. The molecule has 1 unspecified atom stereocenters. The zero-order valence-electron chi connectivity index (χ0n) is 17.6. The summed E-state index contributed by atoms with van der Waals surface area (Å²) in [5.41, 5.74) is 2.62. The Bertz CT molecular complexity index is 1010. The summed E-state index contributed by atoms with van der Waals surface area (Å²) in [5.74, 6) is 1.53. The quantitative estimate of drug-likeness (QED) is 0.684. The molecule has 3 heterocycles. The number of hydrogen-bond acceptors (Lipinski definition) is 5. The first-order valence-electron chi connectivity index (χ1n) is 11.1. The van der Waals surface area contributed by atoms with Gasteiger partial charge in [0, 0.05) is 32.8 Å². The third-order valence-electron chi connectivity index (χ3n) is 6.03. The average Bonchev–Trinajstić information content (AvgIpc) is 3.42. The highest BCUT2D eigenvalue weighted by Gasteiger charge is 2.24. The lowest BCUT2D eigenvalue weighted by atomic mass is 10.1. The lowest BCUT2D eigenvalue weighted by Gasteiger charge is -2.23. The van der Waals surface area contributed by atoms with Gasteiger partial charge in [-0.25, -0.2) is 4.98 Å². The van der Waals surface area contributed by atoms with Crippen molar-refractivity contribution in [3.05, 3.63) is 54.1 Å². The SMILES string of the molecule is O=C(c1ccccc1OCC1CCCO1)N1CCCN(c2nc3ccccc3[nH]2)CC1. The zero-order chi connectivity index (χ0) is 21.0. The predicted octanol–water partition coefficient (Wildman–Crippen LogP) is 3.47. The van der Waals surface area contributed by atoms with E-state index in [9.17, 15) is 4.79 Å². The molecular weight excluding hydrogens is 392 g/mol. The topological polar surface area (TPSA) is 70.7 Å². The summed E-state index contributed by atoms with van der Waals surface area (Å²) >= 11 is 0. The van der Waals surface area contributed by atoms with Crippen molar-refractivity contribution in [1.82, 2.24) is 14.9 Å². The molecule has 2 saturated heterocycles. The Labute approximate surface area is 182 Å². The van der Waals surface area contributed by atoms with Gasteiger partial charge < -0.3 is 24.3 Å². The van der Waals surface area contributed by atoms with Crippen molar-refractivity contribution in [1.29, 1.82) is 0 Å². The fourth-order valence-electron chi connectivity index (χ4n) is 4.32. The predicted molar refractivity (Wildman–Crippen MR) is 120 cm³/mol. The van der Waals surface area contributed by atoms with Crippen LogP contribution in [0.25, 0.3) is 11.0 Å². The van der Waals surface area contributed by atoms with Gasteiger partial charge >= 0.3 is 0 Å². The number of aromatic nitrogens is 2. The summed E-state index contributed by atoms with van der Waals surface area (Å²) in [5, 5.41) is 0. The molecule has 5 rings (SSSR count). The normalized spacial score (nSPS) is 19.5. The van der Waals surface area contributed by atoms with Crippen LogP contribution in [-0.4, -0.2) is 66.3 Å². The van der Waals surface area contributed by atoms with Gasteiger partial charge in [0.25, 0.3) is 5.91 Å². The number of nitrogens with one attached hydrogen (secondary N) is 1. The summed E-state index contributed by atoms with van der Waals surface area (Å²) in [7, 11) is 0. The number of ether oxygens (including phenoxy) is 2. The van der Waals surface area contributed by atoms with E-state index < -0.39 is 0 Å². The molecule has 162 valence electrons. The van der Waals surface area contributed by atoms with Crippen molar-refractivity contribution in [2.24, 2.45) is 0 Å². The van der Waals surface area contributed by atoms with E-state index in [0.717, 1.165) is 62.5 Å². The molecule has 0 radical (unpaired) electrons. The minimum atomic E-state index is 0.0226. The Morgan fingerprint density at radius 1 is 1.06 bits per heavy atom. The van der Waals surface area contributed by atoms with Crippen LogP contribution in [0.4, 0.5) is 5.95 Å². The maximum Gasteiger partial charge on any atom is 0.257 e. The standard InChI is InChI=1S/C24H28N4O3/c29-23(19-8-1-4-11-22(19)31-17-18-7-5-16-30-18)27-12-6-13-28(15-14-27)24-25-20-9-2-3-10-21(20)26-24/h1-4,8-11,18H,5-7,12-17H2,(H,25,26). The van der Waals surface area contributed by atoms with Crippen LogP contribution < -0.4 is 9.64 Å².